The van der Waals surface area contributed by atoms with Crippen LogP contribution in [0, 0.1) is 0 Å². The van der Waals surface area contributed by atoms with E-state index in [9.17, 15) is 4.79 Å². The van der Waals surface area contributed by atoms with Crippen molar-refractivity contribution in [3.8, 4) is 5.75 Å². The van der Waals surface area contributed by atoms with E-state index in [0.29, 0.717) is 6.61 Å². The Kier molecular flexibility index (Phi) is 16.0. The van der Waals surface area contributed by atoms with Gasteiger partial charge in [0.15, 0.2) is 0 Å². The normalized spacial score (nSPS) is 11.8. The van der Waals surface area contributed by atoms with Gasteiger partial charge < -0.3 is 9.16 Å². The summed E-state index contributed by atoms with van der Waals surface area (Å²) in [6, 6.07) is 7.84. The fraction of sp³-hybridized carbons (Fsp3) is 0.679. The van der Waals surface area contributed by atoms with Crippen LogP contribution in [-0.4, -0.2) is 20.9 Å². The molecule has 0 N–H and O–H groups in total. The Labute approximate surface area is 199 Å². The summed E-state index contributed by atoms with van der Waals surface area (Å²) in [5, 5.41) is 0. The van der Waals surface area contributed by atoms with Gasteiger partial charge in [0.05, 0.1) is 6.61 Å². The van der Waals surface area contributed by atoms with Crippen LogP contribution >= 0.6 is 0 Å². The number of hydrogen-bond acceptors (Lipinski definition) is 3. The van der Waals surface area contributed by atoms with Gasteiger partial charge in [0, 0.05) is 11.6 Å². The first-order chi connectivity index (χ1) is 15.4. The van der Waals surface area contributed by atoms with E-state index in [4.69, 9.17) is 9.16 Å². The lowest BCUT2D eigenvalue weighted by atomic mass is 10.0. The molecule has 32 heavy (non-hydrogen) atoms. The van der Waals surface area contributed by atoms with Crippen LogP contribution in [-0.2, 0) is 9.53 Å². The number of rotatable bonds is 19. The standard InChI is InChI=1S/C28H48O3Si/c1-5-6-7-8-9-10-11-12-13-14-15-16-17-20-25-30-28(29)24-23-26-21-18-19-22-27(26)31-32(2,3)4/h18-19,21-24H,5-17,20,25H2,1-4H3/b24-23-. The largest absolute Gasteiger partial charge is 0.544 e. The minimum Gasteiger partial charge on any atom is -0.544 e. The van der Waals surface area contributed by atoms with E-state index in [1.807, 2.05) is 24.3 Å². The van der Waals surface area contributed by atoms with E-state index in [0.717, 1.165) is 24.2 Å². The topological polar surface area (TPSA) is 35.5 Å². The molecule has 0 amide bonds. The number of benzene rings is 1. The highest BCUT2D eigenvalue weighted by molar-refractivity contribution is 6.70. The number of carbonyl (C=O) groups excluding carboxylic acids is 1. The molecule has 0 aliphatic carbocycles. The van der Waals surface area contributed by atoms with Crippen molar-refractivity contribution < 1.29 is 14.0 Å². The Bertz CT molecular complexity index is 634. The molecule has 1 aromatic rings. The number of unbranched alkanes of at least 4 members (excludes halogenated alkanes) is 13. The molecule has 1 aromatic carbocycles. The summed E-state index contributed by atoms with van der Waals surface area (Å²) in [6.45, 7) is 9.24. The second-order valence-electron chi connectivity index (χ2n) is 9.85. The molecule has 0 atom stereocenters. The summed E-state index contributed by atoms with van der Waals surface area (Å²) >= 11 is 0. The predicted molar refractivity (Wildman–Crippen MR) is 141 cm³/mol. The third-order valence-corrected chi connectivity index (χ3v) is 6.31. The van der Waals surface area contributed by atoms with Crippen LogP contribution in [0.25, 0.3) is 6.08 Å². The van der Waals surface area contributed by atoms with E-state index >= 15 is 0 Å². The molecule has 0 spiro atoms. The van der Waals surface area contributed by atoms with Gasteiger partial charge in [-0.25, -0.2) is 4.79 Å². The Hall–Kier alpha value is -1.55. The van der Waals surface area contributed by atoms with Crippen molar-refractivity contribution in [2.24, 2.45) is 0 Å². The number of hydrogen-bond donors (Lipinski definition) is 0. The minimum atomic E-state index is -1.69. The first-order valence-corrected chi connectivity index (χ1v) is 16.5. The molecule has 4 heteroatoms. The highest BCUT2D eigenvalue weighted by atomic mass is 28.4. The lowest BCUT2D eigenvalue weighted by molar-refractivity contribution is -0.137. The Morgan fingerprint density at radius 3 is 1.81 bits per heavy atom. The van der Waals surface area contributed by atoms with E-state index in [1.165, 1.54) is 83.1 Å². The first kappa shape index (κ1) is 28.5. The summed E-state index contributed by atoms with van der Waals surface area (Å²) in [5.41, 5.74) is 0.920. The molecule has 0 fully saturated rings. The van der Waals surface area contributed by atoms with Crippen LogP contribution in [0.4, 0.5) is 0 Å². The molecule has 0 heterocycles. The van der Waals surface area contributed by atoms with Gasteiger partial charge in [0.2, 0.25) is 8.32 Å². The summed E-state index contributed by atoms with van der Waals surface area (Å²) in [4.78, 5) is 12.0. The molecule has 0 aromatic heterocycles. The quantitative estimate of drug-likeness (QED) is 0.0894. The van der Waals surface area contributed by atoms with E-state index in [1.54, 1.807) is 6.08 Å². The van der Waals surface area contributed by atoms with Gasteiger partial charge in [-0.2, -0.15) is 0 Å². The Morgan fingerprint density at radius 2 is 1.28 bits per heavy atom. The fourth-order valence-electron chi connectivity index (χ4n) is 3.72. The van der Waals surface area contributed by atoms with Gasteiger partial charge in [-0.3, -0.25) is 0 Å². The van der Waals surface area contributed by atoms with Crippen LogP contribution in [0.5, 0.6) is 5.75 Å². The van der Waals surface area contributed by atoms with Crippen molar-refractivity contribution >= 4 is 20.4 Å². The summed E-state index contributed by atoms with van der Waals surface area (Å²) in [6.07, 6.45) is 21.9. The minimum absolute atomic E-state index is 0.275. The lowest BCUT2D eigenvalue weighted by Crippen LogP contribution is -2.29. The van der Waals surface area contributed by atoms with Crippen LogP contribution in [0.1, 0.15) is 102 Å². The van der Waals surface area contributed by atoms with Crippen molar-refractivity contribution in [1.29, 1.82) is 0 Å². The molecule has 0 aliphatic heterocycles. The second kappa shape index (κ2) is 17.9. The Balaban J connectivity index is 2.02. The molecular weight excluding hydrogens is 412 g/mol. The highest BCUT2D eigenvalue weighted by Gasteiger charge is 2.17. The predicted octanol–water partition coefficient (Wildman–Crippen LogP) is 8.94. The van der Waals surface area contributed by atoms with Crippen molar-refractivity contribution in [2.75, 3.05) is 6.61 Å². The number of carbonyl (C=O) groups is 1. The van der Waals surface area contributed by atoms with Crippen LogP contribution in [0.3, 0.4) is 0 Å². The monoisotopic (exact) mass is 460 g/mol. The van der Waals surface area contributed by atoms with Gasteiger partial charge in [-0.15, -0.1) is 0 Å². The van der Waals surface area contributed by atoms with Crippen molar-refractivity contribution in [3.63, 3.8) is 0 Å². The van der Waals surface area contributed by atoms with Crippen molar-refractivity contribution in [3.05, 3.63) is 35.9 Å². The average molecular weight is 461 g/mol. The number of ether oxygens (including phenoxy) is 1. The van der Waals surface area contributed by atoms with Crippen LogP contribution < -0.4 is 4.43 Å². The Morgan fingerprint density at radius 1 is 0.781 bits per heavy atom. The molecule has 3 nitrogen and oxygen atoms in total. The smallest absolute Gasteiger partial charge is 0.330 e. The van der Waals surface area contributed by atoms with Crippen LogP contribution in [0.15, 0.2) is 30.3 Å². The third-order valence-electron chi connectivity index (χ3n) is 5.48. The van der Waals surface area contributed by atoms with Gasteiger partial charge in [0.1, 0.15) is 5.75 Å². The maximum Gasteiger partial charge on any atom is 0.330 e. The van der Waals surface area contributed by atoms with E-state index in [-0.39, 0.29) is 5.97 Å². The van der Waals surface area contributed by atoms with Gasteiger partial charge in [-0.1, -0.05) is 109 Å². The zero-order valence-electron chi connectivity index (χ0n) is 21.3. The van der Waals surface area contributed by atoms with Crippen molar-refractivity contribution in [1.82, 2.24) is 0 Å². The molecule has 1 rings (SSSR count). The van der Waals surface area contributed by atoms with Gasteiger partial charge >= 0.3 is 5.97 Å². The zero-order valence-corrected chi connectivity index (χ0v) is 22.3. The SMILES string of the molecule is CCCCCCCCCCCCCCCCOC(=O)/C=C\c1ccccc1O[Si](C)(C)C. The molecule has 0 radical (unpaired) electrons. The van der Waals surface area contributed by atoms with Gasteiger partial charge in [-0.05, 0) is 38.2 Å². The van der Waals surface area contributed by atoms with E-state index in [2.05, 4.69) is 26.6 Å². The number of esters is 1. The molecule has 0 saturated heterocycles. The average Bonchev–Trinajstić information content (AvgIpc) is 2.74. The lowest BCUT2D eigenvalue weighted by Gasteiger charge is -2.20. The molecule has 0 aliphatic rings. The second-order valence-corrected chi connectivity index (χ2v) is 14.3. The summed E-state index contributed by atoms with van der Waals surface area (Å²) < 4.78 is 11.4. The molecule has 0 unspecified atom stereocenters. The molecule has 182 valence electrons. The molecular formula is C28H48O3Si. The molecule has 0 saturated carbocycles. The van der Waals surface area contributed by atoms with Crippen molar-refractivity contribution in [2.45, 2.75) is 116 Å². The summed E-state index contributed by atoms with van der Waals surface area (Å²) in [7, 11) is -1.69. The van der Waals surface area contributed by atoms with Gasteiger partial charge in [0.25, 0.3) is 0 Å². The first-order valence-electron chi connectivity index (χ1n) is 13.1. The zero-order chi connectivity index (χ0) is 23.5. The number of para-hydroxylation sites is 1. The fourth-order valence-corrected chi connectivity index (χ4v) is 4.56. The van der Waals surface area contributed by atoms with E-state index < -0.39 is 8.32 Å². The highest BCUT2D eigenvalue weighted by Crippen LogP contribution is 2.23. The molecule has 0 bridgehead atoms. The maximum atomic E-state index is 12.0. The third kappa shape index (κ3) is 16.1. The maximum absolute atomic E-state index is 12.0. The van der Waals surface area contributed by atoms with Crippen LogP contribution in [0.2, 0.25) is 19.6 Å². The summed E-state index contributed by atoms with van der Waals surface area (Å²) in [5.74, 6) is 0.560.